The van der Waals surface area contributed by atoms with Crippen molar-refractivity contribution in [2.75, 3.05) is 18.4 Å². The first-order chi connectivity index (χ1) is 8.97. The number of hydrogen-bond donors (Lipinski definition) is 2. The second kappa shape index (κ2) is 5.75. The maximum atomic E-state index is 12.0. The van der Waals surface area contributed by atoms with E-state index in [1.165, 1.54) is 9.47 Å². The Kier molecular flexibility index (Phi) is 4.26. The van der Waals surface area contributed by atoms with Crippen molar-refractivity contribution in [3.63, 3.8) is 0 Å². The molecule has 0 saturated carbocycles. The number of aryl methyl sites for hydroxylation is 1. The third kappa shape index (κ3) is 3.36. The molecular weight excluding hydrogens is 314 g/mol. The molecule has 0 bridgehead atoms. The highest BCUT2D eigenvalue weighted by Gasteiger charge is 2.22. The molecule has 1 fully saturated rings. The molecule has 6 nitrogen and oxygen atoms in total. The molecule has 1 aliphatic rings. The van der Waals surface area contributed by atoms with E-state index in [0.717, 1.165) is 6.42 Å². The molecule has 0 aliphatic carbocycles. The van der Waals surface area contributed by atoms with Crippen LogP contribution in [-0.4, -0.2) is 39.8 Å². The van der Waals surface area contributed by atoms with Gasteiger partial charge in [-0.05, 0) is 34.8 Å². The van der Waals surface area contributed by atoms with Crippen molar-refractivity contribution in [2.45, 2.75) is 18.9 Å². The third-order valence-corrected chi connectivity index (χ3v) is 3.51. The summed E-state index contributed by atoms with van der Waals surface area (Å²) >= 11 is 3.28. The highest BCUT2D eigenvalue weighted by atomic mass is 79.9. The molecule has 1 aromatic rings. The van der Waals surface area contributed by atoms with Gasteiger partial charge in [-0.3, -0.25) is 4.79 Å². The molecule has 1 atom stereocenters. The maximum Gasteiger partial charge on any atom is 0.322 e. The van der Waals surface area contributed by atoms with Gasteiger partial charge in [0.1, 0.15) is 5.69 Å². The van der Waals surface area contributed by atoms with E-state index in [2.05, 4.69) is 21.2 Å². The predicted molar refractivity (Wildman–Crippen MR) is 75.2 cm³/mol. The Morgan fingerprint density at radius 1 is 1.58 bits per heavy atom. The van der Waals surface area contributed by atoms with Crippen LogP contribution in [0.15, 0.2) is 21.5 Å². The summed E-state index contributed by atoms with van der Waals surface area (Å²) in [5, 5.41) is 12.1. The van der Waals surface area contributed by atoms with Crippen LogP contribution < -0.4 is 10.9 Å². The van der Waals surface area contributed by atoms with Crippen molar-refractivity contribution in [2.24, 2.45) is 7.05 Å². The van der Waals surface area contributed by atoms with Crippen LogP contribution in [0.2, 0.25) is 0 Å². The maximum absolute atomic E-state index is 12.0. The van der Waals surface area contributed by atoms with Gasteiger partial charge >= 0.3 is 6.03 Å². The second-order valence-corrected chi connectivity index (χ2v) is 5.58. The normalized spacial score (nSPS) is 19.3. The third-order valence-electron chi connectivity index (χ3n) is 3.08. The van der Waals surface area contributed by atoms with Crippen molar-refractivity contribution in [1.82, 2.24) is 9.47 Å². The van der Waals surface area contributed by atoms with E-state index in [4.69, 9.17) is 0 Å². The molecule has 7 heteroatoms. The van der Waals surface area contributed by atoms with E-state index in [0.29, 0.717) is 24.0 Å². The number of nitrogens with zero attached hydrogens (tertiary/aromatic N) is 2. The number of urea groups is 1. The van der Waals surface area contributed by atoms with Crippen molar-refractivity contribution in [1.29, 1.82) is 0 Å². The van der Waals surface area contributed by atoms with Crippen LogP contribution >= 0.6 is 15.9 Å². The number of likely N-dealkylation sites (tertiary alicyclic amines) is 1. The van der Waals surface area contributed by atoms with Crippen LogP contribution in [-0.2, 0) is 7.05 Å². The molecular formula is C12H16BrN3O3. The van der Waals surface area contributed by atoms with Gasteiger partial charge in [0.15, 0.2) is 0 Å². The van der Waals surface area contributed by atoms with Crippen molar-refractivity contribution in [3.05, 3.63) is 27.1 Å². The molecule has 19 heavy (non-hydrogen) atoms. The monoisotopic (exact) mass is 329 g/mol. The van der Waals surface area contributed by atoms with Crippen LogP contribution in [0.25, 0.3) is 0 Å². The van der Waals surface area contributed by atoms with Gasteiger partial charge in [0, 0.05) is 30.8 Å². The summed E-state index contributed by atoms with van der Waals surface area (Å²) in [4.78, 5) is 25.4. The first-order valence-corrected chi connectivity index (χ1v) is 6.87. The lowest BCUT2D eigenvalue weighted by atomic mass is 10.1. The zero-order valence-electron chi connectivity index (χ0n) is 10.6. The number of nitrogens with one attached hydrogen (secondary N) is 1. The standard InChI is InChI=1S/C12H16BrN3O3/c1-15-6-8(13)5-10(11(15)18)14-12(19)16-4-2-3-9(17)7-16/h5-6,9,17H,2-4,7H2,1H3,(H,14,19). The van der Waals surface area contributed by atoms with Crippen LogP contribution in [0.5, 0.6) is 0 Å². The Balaban J connectivity index is 2.13. The molecule has 2 amide bonds. The van der Waals surface area contributed by atoms with Gasteiger partial charge in [-0.1, -0.05) is 0 Å². The largest absolute Gasteiger partial charge is 0.391 e. The Morgan fingerprint density at radius 2 is 2.32 bits per heavy atom. The number of aromatic nitrogens is 1. The lowest BCUT2D eigenvalue weighted by Crippen LogP contribution is -2.45. The number of anilines is 1. The molecule has 1 aliphatic heterocycles. The number of pyridine rings is 1. The number of aliphatic hydroxyl groups excluding tert-OH is 1. The van der Waals surface area contributed by atoms with E-state index in [-0.39, 0.29) is 17.3 Å². The van der Waals surface area contributed by atoms with Gasteiger partial charge in [0.05, 0.1) is 6.10 Å². The molecule has 1 saturated heterocycles. The number of amides is 2. The second-order valence-electron chi connectivity index (χ2n) is 4.66. The summed E-state index contributed by atoms with van der Waals surface area (Å²) in [5.74, 6) is 0. The molecule has 0 spiro atoms. The average Bonchev–Trinajstić information content (AvgIpc) is 2.35. The minimum atomic E-state index is -0.482. The van der Waals surface area contributed by atoms with E-state index in [1.807, 2.05) is 0 Å². The number of carbonyl (C=O) groups excluding carboxylic acids is 1. The Labute approximate surface area is 119 Å². The molecule has 0 aromatic carbocycles. The fraction of sp³-hybridized carbons (Fsp3) is 0.500. The molecule has 0 radical (unpaired) electrons. The van der Waals surface area contributed by atoms with Crippen LogP contribution in [0, 0.1) is 0 Å². The average molecular weight is 330 g/mol. The zero-order chi connectivity index (χ0) is 14.0. The van der Waals surface area contributed by atoms with Gasteiger partial charge < -0.3 is 19.9 Å². The van der Waals surface area contributed by atoms with E-state index in [9.17, 15) is 14.7 Å². The van der Waals surface area contributed by atoms with Gasteiger partial charge in [0.2, 0.25) is 0 Å². The Hall–Kier alpha value is -1.34. The predicted octanol–water partition coefficient (Wildman–Crippen LogP) is 1.14. The summed E-state index contributed by atoms with van der Waals surface area (Å²) in [6.07, 6.45) is 2.63. The number of carbonyl (C=O) groups is 1. The number of aliphatic hydroxyl groups is 1. The van der Waals surface area contributed by atoms with Crippen molar-refractivity contribution < 1.29 is 9.90 Å². The molecule has 1 unspecified atom stereocenters. The zero-order valence-corrected chi connectivity index (χ0v) is 12.2. The van der Waals surface area contributed by atoms with E-state index in [1.54, 1.807) is 19.3 Å². The summed E-state index contributed by atoms with van der Waals surface area (Å²) in [7, 11) is 1.62. The smallest absolute Gasteiger partial charge is 0.322 e. The number of piperidine rings is 1. The quantitative estimate of drug-likeness (QED) is 0.811. The number of hydrogen-bond acceptors (Lipinski definition) is 3. The van der Waals surface area contributed by atoms with Gasteiger partial charge in [-0.2, -0.15) is 0 Å². The van der Waals surface area contributed by atoms with Crippen LogP contribution in [0.4, 0.5) is 10.5 Å². The first kappa shape index (κ1) is 14.1. The Morgan fingerprint density at radius 3 is 3.00 bits per heavy atom. The van der Waals surface area contributed by atoms with Gasteiger partial charge in [0.25, 0.3) is 5.56 Å². The lowest BCUT2D eigenvalue weighted by molar-refractivity contribution is 0.0883. The Bertz CT molecular complexity index is 544. The van der Waals surface area contributed by atoms with Crippen LogP contribution in [0.1, 0.15) is 12.8 Å². The highest BCUT2D eigenvalue weighted by Crippen LogP contribution is 2.14. The summed E-state index contributed by atoms with van der Waals surface area (Å²) in [6, 6.07) is 1.22. The molecule has 104 valence electrons. The van der Waals surface area contributed by atoms with E-state index < -0.39 is 6.10 Å². The van der Waals surface area contributed by atoms with Crippen molar-refractivity contribution in [3.8, 4) is 0 Å². The summed E-state index contributed by atoms with van der Waals surface area (Å²) in [6.45, 7) is 0.900. The minimum absolute atomic E-state index is 0.224. The number of rotatable bonds is 1. The molecule has 2 N–H and O–H groups in total. The molecule has 1 aromatic heterocycles. The van der Waals surface area contributed by atoms with Gasteiger partial charge in [-0.25, -0.2) is 4.79 Å². The fourth-order valence-corrected chi connectivity index (χ4v) is 2.63. The first-order valence-electron chi connectivity index (χ1n) is 6.07. The topological polar surface area (TPSA) is 74.6 Å². The SMILES string of the molecule is Cn1cc(Br)cc(NC(=O)N2CCCC(O)C2)c1=O. The highest BCUT2D eigenvalue weighted by molar-refractivity contribution is 9.10. The van der Waals surface area contributed by atoms with E-state index >= 15 is 0 Å². The lowest BCUT2D eigenvalue weighted by Gasteiger charge is -2.30. The molecule has 2 rings (SSSR count). The summed E-state index contributed by atoms with van der Waals surface area (Å²) < 4.78 is 2.11. The molecule has 2 heterocycles. The fourth-order valence-electron chi connectivity index (χ4n) is 2.09. The number of halogens is 1. The van der Waals surface area contributed by atoms with Gasteiger partial charge in [-0.15, -0.1) is 0 Å². The summed E-state index contributed by atoms with van der Waals surface area (Å²) in [5.41, 5.74) is -0.0453. The van der Waals surface area contributed by atoms with Crippen LogP contribution in [0.3, 0.4) is 0 Å². The number of β-amino-alcohol motifs (C(OH)–C–C–N with tert-alkyl or cyclic N) is 1. The minimum Gasteiger partial charge on any atom is -0.391 e. The van der Waals surface area contributed by atoms with Crippen molar-refractivity contribution >= 4 is 27.6 Å².